The summed E-state index contributed by atoms with van der Waals surface area (Å²) in [5, 5.41) is 10.3. The van der Waals surface area contributed by atoms with Gasteiger partial charge in [0.15, 0.2) is 0 Å². The fourth-order valence-corrected chi connectivity index (χ4v) is 3.19. The van der Waals surface area contributed by atoms with Crippen LogP contribution in [0.25, 0.3) is 0 Å². The number of rotatable bonds is 12. The molecule has 0 aliphatic heterocycles. The highest BCUT2D eigenvalue weighted by Crippen LogP contribution is 2.25. The van der Waals surface area contributed by atoms with Crippen LogP contribution in [0.2, 0.25) is 0 Å². The molecule has 1 aromatic carbocycles. The summed E-state index contributed by atoms with van der Waals surface area (Å²) >= 11 is 0. The Hall–Kier alpha value is -1.51. The quantitative estimate of drug-likeness (QED) is 0.355. The van der Waals surface area contributed by atoms with E-state index in [1.54, 1.807) is 0 Å². The third-order valence-corrected chi connectivity index (χ3v) is 4.88. The zero-order chi connectivity index (χ0) is 19.6. The third kappa shape index (κ3) is 9.84. The zero-order valence-electron chi connectivity index (χ0n) is 17.4. The van der Waals surface area contributed by atoms with Crippen LogP contribution in [-0.4, -0.2) is 17.2 Å². The highest BCUT2D eigenvalue weighted by Gasteiger charge is 2.17. The molecule has 3 nitrogen and oxygen atoms in total. The lowest BCUT2D eigenvalue weighted by molar-refractivity contribution is -0.140. The number of ether oxygens (including phenoxy) is 1. The summed E-state index contributed by atoms with van der Waals surface area (Å²) in [6, 6.07) is 6.13. The molecule has 0 atom stereocenters. The lowest BCUT2D eigenvalue weighted by Crippen LogP contribution is -2.23. The van der Waals surface area contributed by atoms with E-state index in [-0.39, 0.29) is 5.60 Å². The average Bonchev–Trinajstić information content (AvgIpc) is 2.52. The first-order valence-corrected chi connectivity index (χ1v) is 10.1. The van der Waals surface area contributed by atoms with Gasteiger partial charge in [-0.25, -0.2) is 0 Å². The van der Waals surface area contributed by atoms with E-state index in [1.165, 1.54) is 24.8 Å². The molecule has 0 spiro atoms. The predicted molar refractivity (Wildman–Crippen MR) is 109 cm³/mol. The van der Waals surface area contributed by atoms with Crippen molar-refractivity contribution in [2.45, 2.75) is 98.0 Å². The van der Waals surface area contributed by atoms with Gasteiger partial charge in [0.05, 0.1) is 0 Å². The minimum atomic E-state index is -0.388. The monoisotopic (exact) mass is 362 g/mol. The maximum absolute atomic E-state index is 10.4. The number of unbranched alkanes of at least 4 members (excludes halogenated alkanes) is 3. The molecular weight excluding hydrogens is 324 g/mol. The number of benzene rings is 1. The van der Waals surface area contributed by atoms with Crippen LogP contribution in [0.3, 0.4) is 0 Å². The molecule has 26 heavy (non-hydrogen) atoms. The molecule has 0 unspecified atom stereocenters. The molecule has 0 aliphatic rings. The molecule has 1 aromatic rings. The maximum Gasteiger partial charge on any atom is 0.293 e. The molecule has 148 valence electrons. The van der Waals surface area contributed by atoms with Crippen molar-refractivity contribution in [3.8, 4) is 5.75 Å². The predicted octanol–water partition coefficient (Wildman–Crippen LogP) is 6.21. The molecule has 0 aromatic heterocycles. The van der Waals surface area contributed by atoms with Crippen LogP contribution in [0, 0.1) is 5.41 Å². The number of aryl methyl sites for hydroxylation is 2. The molecular formula is C23H38O3. The smallest absolute Gasteiger partial charge is 0.293 e. The van der Waals surface area contributed by atoms with Gasteiger partial charge in [0.2, 0.25) is 0 Å². The van der Waals surface area contributed by atoms with E-state index < -0.39 is 0 Å². The van der Waals surface area contributed by atoms with Crippen molar-refractivity contribution in [1.82, 2.24) is 0 Å². The van der Waals surface area contributed by atoms with Crippen molar-refractivity contribution in [3.05, 3.63) is 29.3 Å². The van der Waals surface area contributed by atoms with E-state index in [2.05, 4.69) is 32.9 Å². The van der Waals surface area contributed by atoms with Gasteiger partial charge in [-0.1, -0.05) is 45.7 Å². The number of phenolic OH excluding ortho intramolecular Hbond substituents is 1. The van der Waals surface area contributed by atoms with Crippen molar-refractivity contribution in [2.75, 3.05) is 0 Å². The zero-order valence-corrected chi connectivity index (χ0v) is 17.4. The second kappa shape index (κ2) is 10.6. The van der Waals surface area contributed by atoms with E-state index in [4.69, 9.17) is 4.74 Å². The summed E-state index contributed by atoms with van der Waals surface area (Å²) in [6.07, 6.45) is 9.63. The summed E-state index contributed by atoms with van der Waals surface area (Å²) < 4.78 is 5.07. The minimum Gasteiger partial charge on any atom is -0.508 e. The van der Waals surface area contributed by atoms with Crippen LogP contribution in [0.15, 0.2) is 18.2 Å². The highest BCUT2D eigenvalue weighted by atomic mass is 16.5. The number of phenols is 1. The van der Waals surface area contributed by atoms with E-state index in [9.17, 15) is 9.90 Å². The fourth-order valence-electron chi connectivity index (χ4n) is 3.19. The van der Waals surface area contributed by atoms with Gasteiger partial charge in [-0.15, -0.1) is 0 Å². The Kier molecular flexibility index (Phi) is 9.18. The van der Waals surface area contributed by atoms with Gasteiger partial charge >= 0.3 is 0 Å². The minimum absolute atomic E-state index is 0.388. The van der Waals surface area contributed by atoms with Gasteiger partial charge in [0.25, 0.3) is 6.47 Å². The van der Waals surface area contributed by atoms with Crippen LogP contribution >= 0.6 is 0 Å². The molecule has 0 fully saturated rings. The van der Waals surface area contributed by atoms with Gasteiger partial charge in [-0.2, -0.15) is 0 Å². The summed E-state index contributed by atoms with van der Waals surface area (Å²) in [4.78, 5) is 10.4. The molecule has 0 saturated carbocycles. The van der Waals surface area contributed by atoms with E-state index >= 15 is 0 Å². The lowest BCUT2D eigenvalue weighted by atomic mass is 9.89. The molecule has 1 rings (SSSR count). The summed E-state index contributed by atoms with van der Waals surface area (Å²) in [7, 11) is 0. The Morgan fingerprint density at radius 2 is 1.58 bits per heavy atom. The molecule has 1 N–H and O–H groups in total. The molecule has 0 heterocycles. The van der Waals surface area contributed by atoms with Crippen molar-refractivity contribution in [2.24, 2.45) is 5.41 Å². The van der Waals surface area contributed by atoms with Crippen molar-refractivity contribution < 1.29 is 14.6 Å². The van der Waals surface area contributed by atoms with Crippen LogP contribution in [-0.2, 0) is 22.4 Å². The molecule has 0 amide bonds. The van der Waals surface area contributed by atoms with Crippen LogP contribution in [0.1, 0.15) is 90.7 Å². The third-order valence-electron chi connectivity index (χ3n) is 4.88. The molecule has 0 aliphatic carbocycles. The van der Waals surface area contributed by atoms with Crippen LogP contribution in [0.4, 0.5) is 0 Å². The van der Waals surface area contributed by atoms with E-state index in [0.29, 0.717) is 17.6 Å². The largest absolute Gasteiger partial charge is 0.508 e. The van der Waals surface area contributed by atoms with E-state index in [0.717, 1.165) is 44.1 Å². The van der Waals surface area contributed by atoms with Gasteiger partial charge < -0.3 is 9.84 Å². The first-order valence-electron chi connectivity index (χ1n) is 10.1. The SMILES string of the molecule is CC(C)(C)CCCCCc1ccc(CCCCC(C)(C)OC=O)cc1O. The number of carbonyl (C=O) groups excluding carboxylic acids is 1. The Labute approximate surface area is 160 Å². The van der Waals surface area contributed by atoms with Crippen molar-refractivity contribution in [1.29, 1.82) is 0 Å². The van der Waals surface area contributed by atoms with Crippen molar-refractivity contribution in [3.63, 3.8) is 0 Å². The maximum atomic E-state index is 10.4. The first-order chi connectivity index (χ1) is 12.1. The Morgan fingerprint density at radius 1 is 0.923 bits per heavy atom. The molecule has 3 heteroatoms. The van der Waals surface area contributed by atoms with Gasteiger partial charge in [-0.3, -0.25) is 4.79 Å². The number of carbonyl (C=O) groups is 1. The highest BCUT2D eigenvalue weighted by molar-refractivity contribution is 5.38. The van der Waals surface area contributed by atoms with Gasteiger partial charge in [0.1, 0.15) is 11.4 Å². The standard InChI is InChI=1S/C23H38O3/c1-22(2,3)15-9-6-7-12-20-14-13-19(17-21(20)25)11-8-10-16-23(4,5)26-18-24/h13-14,17-18,25H,6-12,15-16H2,1-5H3. The van der Waals surface area contributed by atoms with Gasteiger partial charge in [0, 0.05) is 0 Å². The van der Waals surface area contributed by atoms with Gasteiger partial charge in [-0.05, 0) is 81.4 Å². The summed E-state index contributed by atoms with van der Waals surface area (Å²) in [5.41, 5.74) is 2.26. The van der Waals surface area contributed by atoms with Crippen LogP contribution < -0.4 is 0 Å². The van der Waals surface area contributed by atoms with Crippen LogP contribution in [0.5, 0.6) is 5.75 Å². The Morgan fingerprint density at radius 3 is 2.19 bits per heavy atom. The first kappa shape index (κ1) is 22.5. The Balaban J connectivity index is 2.32. The second-order valence-corrected chi connectivity index (χ2v) is 9.27. The normalized spacial score (nSPS) is 12.2. The number of hydrogen-bond acceptors (Lipinski definition) is 3. The topological polar surface area (TPSA) is 46.5 Å². The number of aromatic hydroxyl groups is 1. The summed E-state index contributed by atoms with van der Waals surface area (Å²) in [5.74, 6) is 0.433. The van der Waals surface area contributed by atoms with E-state index in [1.807, 2.05) is 19.9 Å². The number of hydrogen-bond donors (Lipinski definition) is 1. The Bertz CT molecular complexity index is 541. The second-order valence-electron chi connectivity index (χ2n) is 9.27. The fraction of sp³-hybridized carbons (Fsp3) is 0.696. The van der Waals surface area contributed by atoms with Crippen molar-refractivity contribution >= 4 is 6.47 Å². The molecule has 0 saturated heterocycles. The summed E-state index contributed by atoms with van der Waals surface area (Å²) in [6.45, 7) is 11.3. The molecule has 0 radical (unpaired) electrons. The molecule has 0 bridgehead atoms. The average molecular weight is 363 g/mol. The lowest BCUT2D eigenvalue weighted by Gasteiger charge is -2.22.